The van der Waals surface area contributed by atoms with Crippen molar-refractivity contribution in [3.05, 3.63) is 11.9 Å². The minimum atomic E-state index is 0.591. The van der Waals surface area contributed by atoms with Gasteiger partial charge in [-0.05, 0) is 19.3 Å². The molecule has 0 amide bonds. The van der Waals surface area contributed by atoms with Crippen LogP contribution < -0.4 is 10.6 Å². The summed E-state index contributed by atoms with van der Waals surface area (Å²) in [6, 6.07) is 0.591. The standard InChI is InChI=1S/C13H22N4/c1-3-11-12(14-2)15-9-16-13(11)17-10-7-5-4-6-8-10/h9-10H,3-8H2,1-2H3,(H2,14,15,16,17). The molecule has 0 aromatic carbocycles. The van der Waals surface area contributed by atoms with Crippen LogP contribution in [0.2, 0.25) is 0 Å². The number of nitrogens with zero attached hydrogens (tertiary/aromatic N) is 2. The Hall–Kier alpha value is -1.32. The van der Waals surface area contributed by atoms with E-state index in [4.69, 9.17) is 0 Å². The maximum Gasteiger partial charge on any atom is 0.134 e. The van der Waals surface area contributed by atoms with E-state index in [1.165, 1.54) is 37.7 Å². The molecule has 1 aromatic rings. The summed E-state index contributed by atoms with van der Waals surface area (Å²) in [6.07, 6.45) is 9.17. The summed E-state index contributed by atoms with van der Waals surface area (Å²) in [5, 5.41) is 6.72. The van der Waals surface area contributed by atoms with Gasteiger partial charge in [-0.1, -0.05) is 26.2 Å². The highest BCUT2D eigenvalue weighted by Crippen LogP contribution is 2.25. The summed E-state index contributed by atoms with van der Waals surface area (Å²) in [5.74, 6) is 1.96. The van der Waals surface area contributed by atoms with Gasteiger partial charge in [0.2, 0.25) is 0 Å². The number of anilines is 2. The third-order valence-electron chi connectivity index (χ3n) is 3.48. The molecule has 1 heterocycles. The molecule has 0 saturated heterocycles. The van der Waals surface area contributed by atoms with E-state index in [0.717, 1.165) is 18.1 Å². The monoisotopic (exact) mass is 234 g/mol. The van der Waals surface area contributed by atoms with Crippen molar-refractivity contribution in [1.82, 2.24) is 9.97 Å². The third-order valence-corrected chi connectivity index (χ3v) is 3.48. The van der Waals surface area contributed by atoms with Gasteiger partial charge < -0.3 is 10.6 Å². The fourth-order valence-corrected chi connectivity index (χ4v) is 2.53. The molecule has 0 unspecified atom stereocenters. The summed E-state index contributed by atoms with van der Waals surface area (Å²) >= 11 is 0. The molecule has 0 atom stereocenters. The Labute approximate surface area is 103 Å². The second-order valence-corrected chi connectivity index (χ2v) is 4.63. The second kappa shape index (κ2) is 5.84. The molecule has 17 heavy (non-hydrogen) atoms. The average Bonchev–Trinajstić information content (AvgIpc) is 2.39. The fourth-order valence-electron chi connectivity index (χ4n) is 2.53. The largest absolute Gasteiger partial charge is 0.373 e. The Balaban J connectivity index is 2.13. The van der Waals surface area contributed by atoms with Crippen LogP contribution in [0.15, 0.2) is 6.33 Å². The van der Waals surface area contributed by atoms with Crippen LogP contribution >= 0.6 is 0 Å². The van der Waals surface area contributed by atoms with Crippen LogP contribution in [0, 0.1) is 0 Å². The molecule has 0 bridgehead atoms. The molecule has 1 aromatic heterocycles. The van der Waals surface area contributed by atoms with E-state index in [-0.39, 0.29) is 0 Å². The summed E-state index contributed by atoms with van der Waals surface area (Å²) in [7, 11) is 1.91. The normalized spacial score (nSPS) is 16.8. The molecule has 1 fully saturated rings. The van der Waals surface area contributed by atoms with Gasteiger partial charge in [-0.25, -0.2) is 9.97 Å². The van der Waals surface area contributed by atoms with Gasteiger partial charge in [0.1, 0.15) is 18.0 Å². The van der Waals surface area contributed by atoms with Crippen LogP contribution in [-0.4, -0.2) is 23.1 Å². The van der Waals surface area contributed by atoms with Crippen LogP contribution in [0.5, 0.6) is 0 Å². The first-order valence-corrected chi connectivity index (χ1v) is 6.63. The van der Waals surface area contributed by atoms with Crippen LogP contribution in [0.4, 0.5) is 11.6 Å². The highest BCUT2D eigenvalue weighted by Gasteiger charge is 2.16. The molecule has 0 aliphatic heterocycles. The lowest BCUT2D eigenvalue weighted by atomic mass is 9.95. The third kappa shape index (κ3) is 2.87. The van der Waals surface area contributed by atoms with E-state index in [9.17, 15) is 0 Å². The summed E-state index contributed by atoms with van der Waals surface area (Å²) in [5.41, 5.74) is 1.19. The number of hydrogen-bond acceptors (Lipinski definition) is 4. The molecule has 1 saturated carbocycles. The molecule has 4 nitrogen and oxygen atoms in total. The van der Waals surface area contributed by atoms with Crippen molar-refractivity contribution in [2.45, 2.75) is 51.5 Å². The van der Waals surface area contributed by atoms with E-state index in [0.29, 0.717) is 6.04 Å². The van der Waals surface area contributed by atoms with Crippen molar-refractivity contribution in [2.75, 3.05) is 17.7 Å². The fraction of sp³-hybridized carbons (Fsp3) is 0.692. The summed E-state index contributed by atoms with van der Waals surface area (Å²) < 4.78 is 0. The smallest absolute Gasteiger partial charge is 0.134 e. The van der Waals surface area contributed by atoms with Crippen molar-refractivity contribution in [3.63, 3.8) is 0 Å². The van der Waals surface area contributed by atoms with Crippen molar-refractivity contribution in [3.8, 4) is 0 Å². The average molecular weight is 234 g/mol. The predicted molar refractivity (Wildman–Crippen MR) is 71.5 cm³/mol. The molecule has 4 heteroatoms. The Morgan fingerprint density at radius 2 is 1.88 bits per heavy atom. The number of rotatable bonds is 4. The van der Waals surface area contributed by atoms with Crippen LogP contribution in [0.25, 0.3) is 0 Å². The molecule has 0 spiro atoms. The van der Waals surface area contributed by atoms with Gasteiger partial charge in [0.25, 0.3) is 0 Å². The molecule has 2 N–H and O–H groups in total. The van der Waals surface area contributed by atoms with Crippen LogP contribution in [-0.2, 0) is 6.42 Å². The molecular weight excluding hydrogens is 212 g/mol. The Morgan fingerprint density at radius 3 is 2.53 bits per heavy atom. The maximum absolute atomic E-state index is 4.39. The molecule has 2 rings (SSSR count). The lowest BCUT2D eigenvalue weighted by molar-refractivity contribution is 0.461. The zero-order valence-corrected chi connectivity index (χ0v) is 10.8. The Kier molecular flexibility index (Phi) is 4.18. The number of hydrogen-bond donors (Lipinski definition) is 2. The van der Waals surface area contributed by atoms with Crippen molar-refractivity contribution < 1.29 is 0 Å². The maximum atomic E-state index is 4.39. The molecule has 94 valence electrons. The minimum absolute atomic E-state index is 0.591. The van der Waals surface area contributed by atoms with Gasteiger partial charge in [-0.3, -0.25) is 0 Å². The molecule has 0 radical (unpaired) electrons. The first-order chi connectivity index (χ1) is 8.35. The first-order valence-electron chi connectivity index (χ1n) is 6.63. The Bertz CT molecular complexity index is 358. The second-order valence-electron chi connectivity index (χ2n) is 4.63. The van der Waals surface area contributed by atoms with Crippen LogP contribution in [0.1, 0.15) is 44.6 Å². The van der Waals surface area contributed by atoms with E-state index < -0.39 is 0 Å². The minimum Gasteiger partial charge on any atom is -0.373 e. The van der Waals surface area contributed by atoms with Crippen molar-refractivity contribution in [2.24, 2.45) is 0 Å². The lowest BCUT2D eigenvalue weighted by Gasteiger charge is -2.24. The van der Waals surface area contributed by atoms with E-state index in [2.05, 4.69) is 27.5 Å². The summed E-state index contributed by atoms with van der Waals surface area (Å²) in [6.45, 7) is 2.14. The molecular formula is C13H22N4. The van der Waals surface area contributed by atoms with Gasteiger partial charge in [-0.15, -0.1) is 0 Å². The summed E-state index contributed by atoms with van der Waals surface area (Å²) in [4.78, 5) is 8.65. The topological polar surface area (TPSA) is 49.8 Å². The van der Waals surface area contributed by atoms with Gasteiger partial charge in [-0.2, -0.15) is 0 Å². The molecule has 1 aliphatic carbocycles. The van der Waals surface area contributed by atoms with Gasteiger partial charge in [0, 0.05) is 18.7 Å². The number of aromatic nitrogens is 2. The van der Waals surface area contributed by atoms with E-state index >= 15 is 0 Å². The quantitative estimate of drug-likeness (QED) is 0.841. The first kappa shape index (κ1) is 12.1. The van der Waals surface area contributed by atoms with Gasteiger partial charge in [0.15, 0.2) is 0 Å². The predicted octanol–water partition coefficient (Wildman–Crippen LogP) is 2.83. The van der Waals surface area contributed by atoms with Gasteiger partial charge >= 0.3 is 0 Å². The van der Waals surface area contributed by atoms with Crippen molar-refractivity contribution >= 4 is 11.6 Å². The zero-order chi connectivity index (χ0) is 12.1. The van der Waals surface area contributed by atoms with E-state index in [1.807, 2.05) is 7.05 Å². The number of nitrogens with one attached hydrogen (secondary N) is 2. The van der Waals surface area contributed by atoms with Gasteiger partial charge in [0.05, 0.1) is 0 Å². The Morgan fingerprint density at radius 1 is 1.18 bits per heavy atom. The van der Waals surface area contributed by atoms with E-state index in [1.54, 1.807) is 6.33 Å². The highest BCUT2D eigenvalue weighted by atomic mass is 15.1. The molecule has 1 aliphatic rings. The zero-order valence-electron chi connectivity index (χ0n) is 10.8. The lowest BCUT2D eigenvalue weighted by Crippen LogP contribution is -2.24. The van der Waals surface area contributed by atoms with Crippen LogP contribution in [0.3, 0.4) is 0 Å². The SMILES string of the molecule is CCc1c(NC)ncnc1NC1CCCCC1. The van der Waals surface area contributed by atoms with Crippen molar-refractivity contribution in [1.29, 1.82) is 0 Å². The highest BCUT2D eigenvalue weighted by molar-refractivity contribution is 5.57.